The average Bonchev–Trinajstić information content (AvgIpc) is 3.61. The topological polar surface area (TPSA) is 69.0 Å². The van der Waals surface area contributed by atoms with Crippen molar-refractivity contribution in [2.45, 2.75) is 0 Å². The van der Waals surface area contributed by atoms with Gasteiger partial charge in [-0.1, -0.05) is 66.7 Å². The van der Waals surface area contributed by atoms with E-state index in [1.807, 2.05) is 48.5 Å². The number of hydrogen-bond donors (Lipinski definition) is 2. The first-order valence-electron chi connectivity index (χ1n) is 14.2. The van der Waals surface area contributed by atoms with E-state index in [1.165, 1.54) is 12.4 Å². The van der Waals surface area contributed by atoms with Gasteiger partial charge in [0.15, 0.2) is 0 Å². The summed E-state index contributed by atoms with van der Waals surface area (Å²) in [6.45, 7) is 0. The fourth-order valence-electron chi connectivity index (χ4n) is 6.32. The quantitative estimate of drug-likeness (QED) is 0.201. The molecule has 43 heavy (non-hydrogen) atoms. The summed E-state index contributed by atoms with van der Waals surface area (Å²) >= 11 is 0. The molecule has 2 heterocycles. The summed E-state index contributed by atoms with van der Waals surface area (Å²) in [6.07, 6.45) is 2.65. The Bertz CT molecular complexity index is 2290. The molecule has 0 saturated carbocycles. The molecule has 0 aliphatic rings. The van der Waals surface area contributed by atoms with Crippen LogP contribution in [0.3, 0.4) is 0 Å². The molecule has 5 heteroatoms. The maximum absolute atomic E-state index is 8.27. The van der Waals surface area contributed by atoms with E-state index < -0.39 is 0 Å². The molecule has 0 bridgehead atoms. The molecule has 2 N–H and O–H groups in total. The van der Waals surface area contributed by atoms with Crippen molar-refractivity contribution in [2.75, 3.05) is 4.90 Å². The second-order valence-electron chi connectivity index (χ2n) is 10.5. The van der Waals surface area contributed by atoms with E-state index in [-0.39, 0.29) is 0 Å². The molecule has 0 aliphatic heterocycles. The van der Waals surface area contributed by atoms with Crippen LogP contribution in [0.25, 0.3) is 49.4 Å². The molecule has 8 rings (SSSR count). The fraction of sp³-hybridized carbons (Fsp3) is 0. The summed E-state index contributed by atoms with van der Waals surface area (Å²) in [5.41, 5.74) is 9.07. The fourth-order valence-corrected chi connectivity index (χ4v) is 6.32. The van der Waals surface area contributed by atoms with Gasteiger partial charge in [0, 0.05) is 56.8 Å². The molecule has 0 fully saturated rings. The number of nitrogens with one attached hydrogen (secondary N) is 2. The summed E-state index contributed by atoms with van der Waals surface area (Å²) < 4.78 is 8.78. The molecule has 2 aromatic heterocycles. The third kappa shape index (κ3) is 3.79. The normalized spacial score (nSPS) is 11.4. The maximum Gasteiger partial charge on any atom is 0.145 e. The van der Waals surface area contributed by atoms with Gasteiger partial charge in [0.2, 0.25) is 0 Å². The van der Waals surface area contributed by atoms with Gasteiger partial charge < -0.3 is 24.7 Å². The number of benzene rings is 6. The van der Waals surface area contributed by atoms with Gasteiger partial charge in [0.05, 0.1) is 22.1 Å². The lowest BCUT2D eigenvalue weighted by atomic mass is 10.1. The van der Waals surface area contributed by atoms with Crippen LogP contribution in [0.4, 0.5) is 17.1 Å². The van der Waals surface area contributed by atoms with Gasteiger partial charge in [-0.25, -0.2) is 0 Å². The Morgan fingerprint density at radius 1 is 0.558 bits per heavy atom. The minimum atomic E-state index is 0.695. The van der Waals surface area contributed by atoms with Gasteiger partial charge in [-0.05, 0) is 66.7 Å². The predicted molar refractivity (Wildman–Crippen MR) is 179 cm³/mol. The number of hydrogen-bond acceptors (Lipinski definition) is 4. The molecule has 0 unspecified atom stereocenters. The van der Waals surface area contributed by atoms with Crippen LogP contribution in [0.5, 0.6) is 0 Å². The highest BCUT2D eigenvalue weighted by Crippen LogP contribution is 2.43. The average molecular weight is 555 g/mol. The Labute approximate surface area is 247 Å². The van der Waals surface area contributed by atoms with E-state index in [0.717, 1.165) is 66.5 Å². The largest absolute Gasteiger partial charge is 0.455 e. The number of rotatable bonds is 6. The Kier molecular flexibility index (Phi) is 5.69. The smallest absolute Gasteiger partial charge is 0.145 e. The molecular weight excluding hydrogens is 528 g/mol. The third-order valence-electron chi connectivity index (χ3n) is 8.20. The van der Waals surface area contributed by atoms with Gasteiger partial charge >= 0.3 is 0 Å². The van der Waals surface area contributed by atoms with Crippen LogP contribution in [0.1, 0.15) is 11.1 Å². The number of furan rings is 1. The van der Waals surface area contributed by atoms with Crippen molar-refractivity contribution >= 4 is 73.2 Å². The van der Waals surface area contributed by atoms with Crippen LogP contribution in [0.15, 0.2) is 138 Å². The minimum absolute atomic E-state index is 0.695. The van der Waals surface area contributed by atoms with E-state index in [4.69, 9.17) is 15.2 Å². The molecule has 0 aliphatic carbocycles. The van der Waals surface area contributed by atoms with Gasteiger partial charge in [0.25, 0.3) is 0 Å². The predicted octanol–water partition coefficient (Wildman–Crippen LogP) is 10.1. The molecule has 5 nitrogen and oxygen atoms in total. The second kappa shape index (κ2) is 9.86. The Hall–Kier alpha value is -5.94. The Morgan fingerprint density at radius 3 is 1.98 bits per heavy atom. The van der Waals surface area contributed by atoms with Gasteiger partial charge in [-0.15, -0.1) is 0 Å². The molecular formula is C38H26N4O. The van der Waals surface area contributed by atoms with Crippen molar-refractivity contribution in [3.63, 3.8) is 0 Å². The zero-order valence-corrected chi connectivity index (χ0v) is 23.2. The highest BCUT2D eigenvalue weighted by molar-refractivity contribution is 6.24. The Balaban J connectivity index is 1.51. The monoisotopic (exact) mass is 554 g/mol. The molecule has 0 saturated heterocycles. The zero-order chi connectivity index (χ0) is 28.9. The van der Waals surface area contributed by atoms with Crippen LogP contribution < -0.4 is 4.90 Å². The number of nitrogens with zero attached hydrogens (tertiary/aromatic N) is 2. The van der Waals surface area contributed by atoms with Crippen LogP contribution in [0, 0.1) is 10.8 Å². The second-order valence-corrected chi connectivity index (χ2v) is 10.5. The molecule has 0 radical (unpaired) electrons. The van der Waals surface area contributed by atoms with E-state index in [9.17, 15) is 0 Å². The first-order chi connectivity index (χ1) is 21.3. The summed E-state index contributed by atoms with van der Waals surface area (Å²) in [5.74, 6) is 0. The lowest BCUT2D eigenvalue weighted by molar-refractivity contribution is 0.673. The first-order valence-corrected chi connectivity index (χ1v) is 14.2. The van der Waals surface area contributed by atoms with Crippen LogP contribution in [0.2, 0.25) is 0 Å². The summed E-state index contributed by atoms with van der Waals surface area (Å²) in [4.78, 5) is 2.26. The highest BCUT2D eigenvalue weighted by Gasteiger charge is 2.22. The van der Waals surface area contributed by atoms with Crippen molar-refractivity contribution in [1.82, 2.24) is 4.57 Å². The number of para-hydroxylation sites is 3. The van der Waals surface area contributed by atoms with Gasteiger partial charge in [0.1, 0.15) is 11.2 Å². The van der Waals surface area contributed by atoms with Gasteiger partial charge in [-0.3, -0.25) is 0 Å². The van der Waals surface area contributed by atoms with Crippen molar-refractivity contribution in [3.05, 3.63) is 145 Å². The van der Waals surface area contributed by atoms with E-state index in [0.29, 0.717) is 11.1 Å². The maximum atomic E-state index is 8.27. The molecule has 0 spiro atoms. The Morgan fingerprint density at radius 2 is 1.26 bits per heavy atom. The van der Waals surface area contributed by atoms with E-state index in [1.54, 1.807) is 0 Å². The van der Waals surface area contributed by atoms with Crippen LogP contribution >= 0.6 is 0 Å². The molecule has 204 valence electrons. The van der Waals surface area contributed by atoms with Gasteiger partial charge in [-0.2, -0.15) is 0 Å². The highest BCUT2D eigenvalue weighted by atomic mass is 16.3. The lowest BCUT2D eigenvalue weighted by Crippen LogP contribution is -2.09. The minimum Gasteiger partial charge on any atom is -0.455 e. The third-order valence-corrected chi connectivity index (χ3v) is 8.20. The number of fused-ring (bicyclic) bond motifs is 7. The molecule has 8 aromatic rings. The number of anilines is 3. The summed E-state index contributed by atoms with van der Waals surface area (Å²) in [7, 11) is 0. The SMILES string of the molecule is N=Cc1cccc(-n2c3ccc(N(c4ccccc4)c4ccccc4)cc3c3c4oc5ccccc5c4ccc32)c1C=N. The first kappa shape index (κ1) is 24.8. The van der Waals surface area contributed by atoms with Crippen molar-refractivity contribution in [3.8, 4) is 5.69 Å². The van der Waals surface area contributed by atoms with Crippen molar-refractivity contribution in [2.24, 2.45) is 0 Å². The lowest BCUT2D eigenvalue weighted by Gasteiger charge is -2.25. The molecule has 6 aromatic carbocycles. The standard InChI is InChI=1S/C38H26N4O/c39-23-25-10-9-16-33(32(25)24-40)42-34-20-18-28(41(26-11-3-1-4-12-26)27-13-5-2-6-14-27)22-31(34)37-35(42)21-19-30-29-15-7-8-17-36(29)43-38(30)37/h1-24,39-40H. The van der Waals surface area contributed by atoms with E-state index in [2.05, 4.69) is 94.4 Å². The van der Waals surface area contributed by atoms with Crippen LogP contribution in [-0.4, -0.2) is 17.0 Å². The summed E-state index contributed by atoms with van der Waals surface area (Å²) in [5, 5.41) is 20.5. The molecule has 0 amide bonds. The van der Waals surface area contributed by atoms with Crippen molar-refractivity contribution in [1.29, 1.82) is 10.8 Å². The number of aromatic nitrogens is 1. The van der Waals surface area contributed by atoms with Crippen molar-refractivity contribution < 1.29 is 4.42 Å². The summed E-state index contributed by atoms with van der Waals surface area (Å²) in [6, 6.07) is 45.6. The molecule has 0 atom stereocenters. The van der Waals surface area contributed by atoms with Crippen LogP contribution in [-0.2, 0) is 0 Å². The zero-order valence-electron chi connectivity index (χ0n) is 23.2. The van der Waals surface area contributed by atoms with E-state index >= 15 is 0 Å².